The van der Waals surface area contributed by atoms with Crippen LogP contribution in [0, 0.1) is 5.92 Å². The molecule has 1 aromatic carbocycles. The zero-order chi connectivity index (χ0) is 22.0. The molecule has 0 spiro atoms. The van der Waals surface area contributed by atoms with E-state index in [9.17, 15) is 18.0 Å². The van der Waals surface area contributed by atoms with Gasteiger partial charge in [0.15, 0.2) is 0 Å². The molecule has 31 heavy (non-hydrogen) atoms. The summed E-state index contributed by atoms with van der Waals surface area (Å²) in [5, 5.41) is 0.648. The van der Waals surface area contributed by atoms with E-state index in [1.165, 1.54) is 10.6 Å². The second-order valence-electron chi connectivity index (χ2n) is 8.86. The summed E-state index contributed by atoms with van der Waals surface area (Å²) in [7, 11) is -3.57. The highest BCUT2D eigenvalue weighted by molar-refractivity contribution is 7.89. The van der Waals surface area contributed by atoms with Crippen molar-refractivity contribution in [2.45, 2.75) is 56.9 Å². The van der Waals surface area contributed by atoms with E-state index in [1.807, 2.05) is 4.90 Å². The molecule has 0 N–H and O–H groups in total. The molecule has 0 saturated carbocycles. The number of likely N-dealkylation sites (tertiary alicyclic amines) is 1. The lowest BCUT2D eigenvalue weighted by Gasteiger charge is -2.29. The van der Waals surface area contributed by atoms with Crippen LogP contribution in [-0.4, -0.2) is 54.3 Å². The molecule has 1 aromatic heterocycles. The molecular weight excluding hydrogens is 414 g/mol. The molecule has 0 bridgehead atoms. The Hall–Kier alpha value is -2.19. The Kier molecular flexibility index (Phi) is 6.48. The second kappa shape index (κ2) is 9.12. The van der Waals surface area contributed by atoms with Crippen molar-refractivity contribution in [2.75, 3.05) is 26.2 Å². The third kappa shape index (κ3) is 4.70. The number of carbonyl (C=O) groups excluding carboxylic acids is 1. The van der Waals surface area contributed by atoms with Crippen LogP contribution in [0.15, 0.2) is 40.0 Å². The Labute approximate surface area is 183 Å². The molecule has 4 rings (SSSR count). The average molecular weight is 446 g/mol. The van der Waals surface area contributed by atoms with Crippen molar-refractivity contribution in [3.05, 3.63) is 40.7 Å². The topological polar surface area (TPSA) is 79.7 Å². The van der Waals surface area contributed by atoms with Crippen LogP contribution in [0.4, 0.5) is 0 Å². The number of aromatic nitrogens is 1. The van der Waals surface area contributed by atoms with E-state index in [1.54, 1.807) is 28.6 Å². The lowest BCUT2D eigenvalue weighted by atomic mass is 10.0. The number of sulfonamides is 1. The minimum absolute atomic E-state index is 0.0215. The van der Waals surface area contributed by atoms with Gasteiger partial charge in [-0.3, -0.25) is 14.2 Å². The number of fused-ring (bicyclic) bond motifs is 1. The Morgan fingerprint density at radius 3 is 2.32 bits per heavy atom. The first kappa shape index (κ1) is 22.0. The minimum Gasteiger partial charge on any atom is -0.341 e. The van der Waals surface area contributed by atoms with Crippen molar-refractivity contribution in [2.24, 2.45) is 5.92 Å². The lowest BCUT2D eigenvalue weighted by molar-refractivity contribution is -0.131. The third-order valence-electron chi connectivity index (χ3n) is 6.59. The van der Waals surface area contributed by atoms with Crippen LogP contribution in [0.3, 0.4) is 0 Å². The fraction of sp³-hybridized carbons (Fsp3) is 0.565. The van der Waals surface area contributed by atoms with Crippen LogP contribution < -0.4 is 5.56 Å². The molecule has 1 amide bonds. The molecule has 7 nitrogen and oxygen atoms in total. The first-order valence-corrected chi connectivity index (χ1v) is 12.7. The average Bonchev–Trinajstić information content (AvgIpc) is 3.05. The number of pyridine rings is 1. The van der Waals surface area contributed by atoms with Gasteiger partial charge in [0.1, 0.15) is 6.54 Å². The van der Waals surface area contributed by atoms with Gasteiger partial charge in [-0.2, -0.15) is 4.31 Å². The number of nitrogens with zero attached hydrogens (tertiary/aromatic N) is 3. The second-order valence-corrected chi connectivity index (χ2v) is 10.8. The molecule has 0 aliphatic carbocycles. The largest absolute Gasteiger partial charge is 0.341 e. The summed E-state index contributed by atoms with van der Waals surface area (Å²) in [6.07, 6.45) is 5.98. The normalized spacial score (nSPS) is 19.5. The maximum Gasteiger partial charge on any atom is 0.251 e. The van der Waals surface area contributed by atoms with Crippen molar-refractivity contribution in [1.29, 1.82) is 0 Å². The number of benzene rings is 1. The molecule has 0 unspecified atom stereocenters. The number of carbonyl (C=O) groups is 1. The molecule has 3 heterocycles. The Morgan fingerprint density at radius 1 is 0.968 bits per heavy atom. The van der Waals surface area contributed by atoms with Gasteiger partial charge in [0.25, 0.3) is 5.56 Å². The Morgan fingerprint density at radius 2 is 1.65 bits per heavy atom. The summed E-state index contributed by atoms with van der Waals surface area (Å²) in [5.74, 6) is 0.481. The summed E-state index contributed by atoms with van der Waals surface area (Å²) in [4.78, 5) is 27.5. The smallest absolute Gasteiger partial charge is 0.251 e. The van der Waals surface area contributed by atoms with Gasteiger partial charge in [-0.15, -0.1) is 0 Å². The quantitative estimate of drug-likeness (QED) is 0.725. The number of hydrogen-bond donors (Lipinski definition) is 0. The van der Waals surface area contributed by atoms with Gasteiger partial charge in [-0.25, -0.2) is 8.42 Å². The van der Waals surface area contributed by atoms with Crippen molar-refractivity contribution in [3.8, 4) is 0 Å². The molecule has 0 radical (unpaired) electrons. The maximum atomic E-state index is 13.1. The van der Waals surface area contributed by atoms with Gasteiger partial charge in [0.05, 0.1) is 10.4 Å². The number of amides is 1. The molecule has 2 fully saturated rings. The first-order valence-electron chi connectivity index (χ1n) is 11.3. The highest BCUT2D eigenvalue weighted by Crippen LogP contribution is 2.25. The maximum absolute atomic E-state index is 13.1. The fourth-order valence-corrected chi connectivity index (χ4v) is 6.04. The summed E-state index contributed by atoms with van der Waals surface area (Å²) in [5.41, 5.74) is 0.332. The lowest BCUT2D eigenvalue weighted by Crippen LogP contribution is -2.38. The molecule has 2 aliphatic rings. The van der Waals surface area contributed by atoms with Crippen molar-refractivity contribution in [3.63, 3.8) is 0 Å². The van der Waals surface area contributed by atoms with Gasteiger partial charge >= 0.3 is 0 Å². The summed E-state index contributed by atoms with van der Waals surface area (Å²) in [6.45, 7) is 4.65. The van der Waals surface area contributed by atoms with E-state index in [0.717, 1.165) is 51.6 Å². The fourth-order valence-electron chi connectivity index (χ4n) is 4.53. The van der Waals surface area contributed by atoms with Gasteiger partial charge in [-0.05, 0) is 61.3 Å². The standard InChI is InChI=1S/C23H31N3O4S/c1-18-10-14-25(15-11-18)31(29,30)20-7-8-21-19(16-20)6-9-22(27)26(21)17-23(28)24-12-4-2-3-5-13-24/h6-9,16,18H,2-5,10-15,17H2,1H3. The summed E-state index contributed by atoms with van der Waals surface area (Å²) >= 11 is 0. The Balaban J connectivity index is 1.62. The van der Waals surface area contributed by atoms with Crippen molar-refractivity contribution >= 4 is 26.8 Å². The van der Waals surface area contributed by atoms with Gasteiger partial charge < -0.3 is 4.90 Å². The zero-order valence-electron chi connectivity index (χ0n) is 18.1. The highest BCUT2D eigenvalue weighted by Gasteiger charge is 2.28. The summed E-state index contributed by atoms with van der Waals surface area (Å²) < 4.78 is 29.2. The summed E-state index contributed by atoms with van der Waals surface area (Å²) in [6, 6.07) is 7.89. The van der Waals surface area contributed by atoms with Gasteiger partial charge in [0, 0.05) is 32.2 Å². The predicted octanol–water partition coefficient (Wildman–Crippen LogP) is 2.82. The highest BCUT2D eigenvalue weighted by atomic mass is 32.2. The van der Waals surface area contributed by atoms with Crippen molar-refractivity contribution < 1.29 is 13.2 Å². The molecule has 0 atom stereocenters. The minimum atomic E-state index is -3.57. The molecule has 168 valence electrons. The number of hydrogen-bond acceptors (Lipinski definition) is 4. The first-order chi connectivity index (χ1) is 14.9. The van der Waals surface area contributed by atoms with Gasteiger partial charge in [-0.1, -0.05) is 19.8 Å². The molecule has 2 aromatic rings. The van der Waals surface area contributed by atoms with E-state index < -0.39 is 10.0 Å². The van der Waals surface area contributed by atoms with Crippen molar-refractivity contribution in [1.82, 2.24) is 13.8 Å². The predicted molar refractivity (Wildman–Crippen MR) is 120 cm³/mol. The zero-order valence-corrected chi connectivity index (χ0v) is 18.9. The van der Waals surface area contributed by atoms with Crippen LogP contribution in [0.2, 0.25) is 0 Å². The third-order valence-corrected chi connectivity index (χ3v) is 8.49. The van der Waals surface area contributed by atoms with Crippen LogP contribution in [0.25, 0.3) is 10.9 Å². The molecular formula is C23H31N3O4S. The Bertz CT molecular complexity index is 1110. The molecule has 2 saturated heterocycles. The molecule has 2 aliphatic heterocycles. The number of rotatable bonds is 4. The van der Waals surface area contributed by atoms with Crippen LogP contribution in [0.5, 0.6) is 0 Å². The van der Waals surface area contributed by atoms with E-state index in [2.05, 4.69) is 6.92 Å². The monoisotopic (exact) mass is 445 g/mol. The van der Waals surface area contributed by atoms with E-state index in [0.29, 0.717) is 29.9 Å². The van der Waals surface area contributed by atoms with Gasteiger partial charge in [0.2, 0.25) is 15.9 Å². The van der Waals surface area contributed by atoms with Crippen LogP contribution >= 0.6 is 0 Å². The van der Waals surface area contributed by atoms with E-state index >= 15 is 0 Å². The SMILES string of the molecule is CC1CCN(S(=O)(=O)c2ccc3c(ccc(=O)n3CC(=O)N3CCCCCC3)c2)CC1. The van der Waals surface area contributed by atoms with Crippen LogP contribution in [-0.2, 0) is 21.4 Å². The number of piperidine rings is 1. The van der Waals surface area contributed by atoms with E-state index in [-0.39, 0.29) is 22.9 Å². The van der Waals surface area contributed by atoms with Crippen LogP contribution in [0.1, 0.15) is 45.4 Å². The molecule has 8 heteroatoms. The van der Waals surface area contributed by atoms with E-state index in [4.69, 9.17) is 0 Å².